The zero-order valence-corrected chi connectivity index (χ0v) is 17.5. The molecule has 0 amide bonds. The van der Waals surface area contributed by atoms with E-state index in [1.54, 1.807) is 34.8 Å². The summed E-state index contributed by atoms with van der Waals surface area (Å²) in [6, 6.07) is 12.8. The molecule has 2 aromatic heterocycles. The molecule has 0 saturated carbocycles. The molecule has 1 aliphatic rings. The lowest BCUT2D eigenvalue weighted by Crippen LogP contribution is -2.47. The van der Waals surface area contributed by atoms with Gasteiger partial charge in [-0.3, -0.25) is 0 Å². The van der Waals surface area contributed by atoms with Crippen LogP contribution in [0.5, 0.6) is 0 Å². The summed E-state index contributed by atoms with van der Waals surface area (Å²) in [5.74, 6) is -0.238. The summed E-state index contributed by atoms with van der Waals surface area (Å²) in [7, 11) is 0. The molecule has 0 radical (unpaired) electrons. The Morgan fingerprint density at radius 3 is 2.59 bits per heavy atom. The maximum Gasteiger partial charge on any atom is 0.123 e. The average molecular weight is 435 g/mol. The summed E-state index contributed by atoms with van der Waals surface area (Å²) in [6.07, 6.45) is -1.98. The molecule has 3 unspecified atom stereocenters. The second kappa shape index (κ2) is 8.63. The van der Waals surface area contributed by atoms with Gasteiger partial charge in [-0.25, -0.2) is 4.39 Å². The second-order valence-corrected chi connectivity index (χ2v) is 9.78. The Kier molecular flexibility index (Phi) is 6.15. The highest BCUT2D eigenvalue weighted by atomic mass is 32.1. The Balaban J connectivity index is 1.50. The number of aryl methyl sites for hydroxylation is 1. The van der Waals surface area contributed by atoms with Crippen molar-refractivity contribution in [2.24, 2.45) is 0 Å². The Labute approximate surface area is 176 Å². The third-order valence-electron chi connectivity index (χ3n) is 5.26. The third kappa shape index (κ3) is 4.45. The van der Waals surface area contributed by atoms with Crippen LogP contribution in [-0.4, -0.2) is 40.2 Å². The molecule has 0 aliphatic carbocycles. The zero-order chi connectivity index (χ0) is 20.5. The molecular weight excluding hydrogens is 411 g/mol. The first-order valence-electron chi connectivity index (χ1n) is 9.51. The van der Waals surface area contributed by atoms with Crippen LogP contribution in [0.3, 0.4) is 0 Å². The first kappa shape index (κ1) is 20.7. The van der Waals surface area contributed by atoms with Gasteiger partial charge in [0.05, 0.1) is 18.8 Å². The highest BCUT2D eigenvalue weighted by Crippen LogP contribution is 2.38. The number of ether oxygens (including phenoxy) is 1. The van der Waals surface area contributed by atoms with Gasteiger partial charge in [0.2, 0.25) is 0 Å². The molecule has 4 atom stereocenters. The number of aliphatic hydroxyl groups is 3. The van der Waals surface area contributed by atoms with Gasteiger partial charge in [0.15, 0.2) is 0 Å². The standard InChI is InChI=1S/C22H23FO4S2/c1-12-14(8-16-6-7-20(29-16)13-2-4-15(23)5-3-13)9-21(28-12)18-10-17(25)22(26)19(11-24)27-18/h2-7,9,17-19,22,24-26H,8,10-11H2,1H3/t17?,18?,19?,22-/m0/s1. The molecule has 4 nitrogen and oxygen atoms in total. The van der Waals surface area contributed by atoms with Gasteiger partial charge >= 0.3 is 0 Å². The maximum atomic E-state index is 13.1. The molecule has 1 fully saturated rings. The van der Waals surface area contributed by atoms with E-state index >= 15 is 0 Å². The summed E-state index contributed by atoms with van der Waals surface area (Å²) >= 11 is 3.31. The zero-order valence-electron chi connectivity index (χ0n) is 15.9. The highest BCUT2D eigenvalue weighted by molar-refractivity contribution is 7.15. The molecule has 0 spiro atoms. The fourth-order valence-corrected chi connectivity index (χ4v) is 5.73. The van der Waals surface area contributed by atoms with E-state index in [0.717, 1.165) is 21.7 Å². The van der Waals surface area contributed by atoms with Gasteiger partial charge in [0.1, 0.15) is 18.0 Å². The Morgan fingerprint density at radius 2 is 1.86 bits per heavy atom. The summed E-state index contributed by atoms with van der Waals surface area (Å²) in [5, 5.41) is 29.4. The molecule has 0 bridgehead atoms. The summed E-state index contributed by atoms with van der Waals surface area (Å²) in [5.41, 5.74) is 2.20. The molecule has 29 heavy (non-hydrogen) atoms. The quantitative estimate of drug-likeness (QED) is 0.566. The lowest BCUT2D eigenvalue weighted by atomic mass is 9.97. The first-order chi connectivity index (χ1) is 13.9. The van der Waals surface area contributed by atoms with Crippen LogP contribution in [0, 0.1) is 12.7 Å². The van der Waals surface area contributed by atoms with Crippen molar-refractivity contribution in [3.05, 3.63) is 68.5 Å². The largest absolute Gasteiger partial charge is 0.394 e. The molecule has 1 saturated heterocycles. The van der Waals surface area contributed by atoms with E-state index < -0.39 is 18.3 Å². The Hall–Kier alpha value is -1.61. The van der Waals surface area contributed by atoms with Gasteiger partial charge in [-0.2, -0.15) is 0 Å². The van der Waals surface area contributed by atoms with E-state index in [1.165, 1.54) is 27.5 Å². The number of benzene rings is 1. The van der Waals surface area contributed by atoms with E-state index in [9.17, 15) is 19.7 Å². The second-order valence-electron chi connectivity index (χ2n) is 7.32. The number of halogens is 1. The summed E-state index contributed by atoms with van der Waals surface area (Å²) in [6.45, 7) is 1.74. The van der Waals surface area contributed by atoms with E-state index in [0.29, 0.717) is 6.42 Å². The molecule has 3 aromatic rings. The van der Waals surface area contributed by atoms with Crippen molar-refractivity contribution in [2.75, 3.05) is 6.61 Å². The van der Waals surface area contributed by atoms with Gasteiger partial charge < -0.3 is 20.1 Å². The van der Waals surface area contributed by atoms with Gasteiger partial charge in [0.25, 0.3) is 0 Å². The molecule has 3 N–H and O–H groups in total. The van der Waals surface area contributed by atoms with Crippen molar-refractivity contribution >= 4 is 22.7 Å². The van der Waals surface area contributed by atoms with Crippen molar-refractivity contribution in [2.45, 2.75) is 44.2 Å². The fourth-order valence-electron chi connectivity index (χ4n) is 3.60. The minimum absolute atomic E-state index is 0.238. The molecular formula is C22H23FO4S2. The highest BCUT2D eigenvalue weighted by Gasteiger charge is 2.37. The lowest BCUT2D eigenvalue weighted by Gasteiger charge is -2.36. The number of hydrogen-bond donors (Lipinski definition) is 3. The van der Waals surface area contributed by atoms with Crippen molar-refractivity contribution in [1.29, 1.82) is 0 Å². The van der Waals surface area contributed by atoms with Crippen molar-refractivity contribution in [3.63, 3.8) is 0 Å². The van der Waals surface area contributed by atoms with E-state index in [-0.39, 0.29) is 18.5 Å². The first-order valence-corrected chi connectivity index (χ1v) is 11.1. The van der Waals surface area contributed by atoms with Crippen LogP contribution in [0.4, 0.5) is 4.39 Å². The van der Waals surface area contributed by atoms with Crippen molar-refractivity contribution in [1.82, 2.24) is 0 Å². The minimum Gasteiger partial charge on any atom is -0.394 e. The summed E-state index contributed by atoms with van der Waals surface area (Å²) < 4.78 is 19.0. The van der Waals surface area contributed by atoms with Gasteiger partial charge in [0, 0.05) is 32.4 Å². The van der Waals surface area contributed by atoms with Crippen LogP contribution in [-0.2, 0) is 11.2 Å². The number of aliphatic hydroxyl groups excluding tert-OH is 3. The van der Waals surface area contributed by atoms with Crippen LogP contribution in [0.1, 0.15) is 32.7 Å². The van der Waals surface area contributed by atoms with E-state index in [1.807, 2.05) is 0 Å². The smallest absolute Gasteiger partial charge is 0.123 e. The monoisotopic (exact) mass is 434 g/mol. The van der Waals surface area contributed by atoms with Crippen LogP contribution >= 0.6 is 22.7 Å². The predicted molar refractivity (Wildman–Crippen MR) is 113 cm³/mol. The number of hydrogen-bond acceptors (Lipinski definition) is 6. The lowest BCUT2D eigenvalue weighted by molar-refractivity contribution is -0.180. The molecule has 1 aliphatic heterocycles. The third-order valence-corrected chi connectivity index (χ3v) is 7.58. The topological polar surface area (TPSA) is 69.9 Å². The van der Waals surface area contributed by atoms with Gasteiger partial charge in [-0.05, 0) is 48.4 Å². The van der Waals surface area contributed by atoms with Crippen LogP contribution in [0.2, 0.25) is 0 Å². The normalized spacial score (nSPS) is 24.7. The van der Waals surface area contributed by atoms with Crippen molar-refractivity contribution in [3.8, 4) is 10.4 Å². The van der Waals surface area contributed by atoms with Crippen LogP contribution < -0.4 is 0 Å². The average Bonchev–Trinajstić information content (AvgIpc) is 3.32. The Morgan fingerprint density at radius 1 is 1.10 bits per heavy atom. The minimum atomic E-state index is -1.06. The number of thiophene rings is 2. The predicted octanol–water partition coefficient (Wildman–Crippen LogP) is 4.06. The van der Waals surface area contributed by atoms with Crippen molar-refractivity contribution < 1.29 is 24.4 Å². The molecule has 4 rings (SSSR count). The molecule has 3 heterocycles. The van der Waals surface area contributed by atoms with E-state index in [4.69, 9.17) is 4.74 Å². The summed E-state index contributed by atoms with van der Waals surface area (Å²) in [4.78, 5) is 4.50. The van der Waals surface area contributed by atoms with Gasteiger partial charge in [-0.15, -0.1) is 22.7 Å². The SMILES string of the molecule is Cc1sc(C2CC(O)[C@H](O)C(CO)O2)cc1Cc1ccc(-c2ccc(F)cc2)s1. The molecule has 154 valence electrons. The van der Waals surface area contributed by atoms with E-state index in [2.05, 4.69) is 25.1 Å². The Bertz CT molecular complexity index is 966. The maximum absolute atomic E-state index is 13.1. The van der Waals surface area contributed by atoms with Crippen LogP contribution in [0.25, 0.3) is 10.4 Å². The fraction of sp³-hybridized carbons (Fsp3) is 0.364. The van der Waals surface area contributed by atoms with Crippen LogP contribution in [0.15, 0.2) is 42.5 Å². The van der Waals surface area contributed by atoms with Gasteiger partial charge in [-0.1, -0.05) is 12.1 Å². The molecule has 1 aromatic carbocycles. The number of rotatable bonds is 5. The molecule has 7 heteroatoms.